The van der Waals surface area contributed by atoms with Gasteiger partial charge in [-0.25, -0.2) is 0 Å². The first-order valence-corrected chi connectivity index (χ1v) is 10.6. The number of hydrogen-bond donors (Lipinski definition) is 0. The van der Waals surface area contributed by atoms with Crippen molar-refractivity contribution in [2.75, 3.05) is 12.9 Å². The molecule has 0 saturated carbocycles. The first-order chi connectivity index (χ1) is 12.9. The molecule has 27 heavy (non-hydrogen) atoms. The number of esters is 1. The summed E-state index contributed by atoms with van der Waals surface area (Å²) >= 11 is 1.78. The Balaban J connectivity index is 2.43. The number of carbonyl (C=O) groups is 1. The monoisotopic (exact) mass is 386 g/mol. The van der Waals surface area contributed by atoms with Crippen molar-refractivity contribution < 1.29 is 9.53 Å². The molecule has 0 fully saturated rings. The van der Waals surface area contributed by atoms with Gasteiger partial charge in [0, 0.05) is 10.6 Å². The molecule has 148 valence electrons. The fourth-order valence-electron chi connectivity index (χ4n) is 2.63. The summed E-state index contributed by atoms with van der Waals surface area (Å²) in [6.45, 7) is 8.73. The van der Waals surface area contributed by atoms with Crippen LogP contribution in [0.25, 0.3) is 0 Å². The van der Waals surface area contributed by atoms with E-state index >= 15 is 0 Å². The van der Waals surface area contributed by atoms with Crippen LogP contribution in [0.15, 0.2) is 64.1 Å². The summed E-state index contributed by atoms with van der Waals surface area (Å²) in [5.41, 5.74) is 5.33. The van der Waals surface area contributed by atoms with Gasteiger partial charge >= 0.3 is 5.97 Å². The molecular formula is C24H34O2S. The maximum atomic E-state index is 11.5. The van der Waals surface area contributed by atoms with Crippen LogP contribution in [-0.2, 0) is 16.0 Å². The molecule has 0 heterocycles. The summed E-state index contributed by atoms with van der Waals surface area (Å²) in [6, 6.07) is 8.06. The van der Waals surface area contributed by atoms with Gasteiger partial charge in [0.25, 0.3) is 0 Å². The van der Waals surface area contributed by atoms with E-state index in [1.54, 1.807) is 11.8 Å². The Hall–Kier alpha value is -1.74. The summed E-state index contributed by atoms with van der Waals surface area (Å²) in [5.74, 6) is 0.731. The molecular weight excluding hydrogens is 352 g/mol. The zero-order valence-corrected chi connectivity index (χ0v) is 18.3. The van der Waals surface area contributed by atoms with Crippen LogP contribution in [0.2, 0.25) is 0 Å². The molecule has 1 aromatic carbocycles. The van der Waals surface area contributed by atoms with Crippen molar-refractivity contribution in [1.82, 2.24) is 0 Å². The molecule has 0 aliphatic heterocycles. The van der Waals surface area contributed by atoms with Crippen molar-refractivity contribution >= 4 is 17.7 Å². The lowest BCUT2D eigenvalue weighted by Crippen LogP contribution is -2.05. The SMILES string of the molecule is COC(=O)Cc1ccccc1SC/C=C(\C)CC/C=C(\C)CCC=C(C)C. The molecule has 0 bridgehead atoms. The lowest BCUT2D eigenvalue weighted by Gasteiger charge is -2.07. The van der Waals surface area contributed by atoms with E-state index in [-0.39, 0.29) is 5.97 Å². The Bertz CT molecular complexity index is 679. The van der Waals surface area contributed by atoms with E-state index in [2.05, 4.69) is 52.0 Å². The number of methoxy groups -OCH3 is 1. The van der Waals surface area contributed by atoms with Gasteiger partial charge in [0.05, 0.1) is 13.5 Å². The van der Waals surface area contributed by atoms with Gasteiger partial charge in [-0.2, -0.15) is 0 Å². The average molecular weight is 387 g/mol. The van der Waals surface area contributed by atoms with Crippen LogP contribution < -0.4 is 0 Å². The van der Waals surface area contributed by atoms with Crippen LogP contribution >= 0.6 is 11.8 Å². The predicted molar refractivity (Wildman–Crippen MR) is 118 cm³/mol. The minimum Gasteiger partial charge on any atom is -0.469 e. The van der Waals surface area contributed by atoms with Gasteiger partial charge < -0.3 is 4.74 Å². The van der Waals surface area contributed by atoms with E-state index in [9.17, 15) is 4.79 Å². The molecule has 0 aromatic heterocycles. The standard InChI is InChI=1S/C24H34O2S/c1-19(2)10-8-11-20(3)12-9-13-21(4)16-17-27-23-15-7-6-14-22(23)18-24(25)26-5/h6-7,10,12,14-16H,8-9,11,13,17-18H2,1-5H3/b20-12+,21-16+. The molecule has 0 radical (unpaired) electrons. The molecule has 1 aromatic rings. The van der Waals surface area contributed by atoms with Crippen molar-refractivity contribution in [2.24, 2.45) is 0 Å². The Morgan fingerprint density at radius 2 is 1.59 bits per heavy atom. The molecule has 0 aliphatic carbocycles. The minimum atomic E-state index is -0.193. The maximum Gasteiger partial charge on any atom is 0.310 e. The van der Waals surface area contributed by atoms with Gasteiger partial charge in [-0.3, -0.25) is 4.79 Å². The molecule has 2 nitrogen and oxygen atoms in total. The third kappa shape index (κ3) is 10.9. The molecule has 0 atom stereocenters. The molecule has 0 aliphatic rings. The number of benzene rings is 1. The van der Waals surface area contributed by atoms with Crippen molar-refractivity contribution in [3.63, 3.8) is 0 Å². The molecule has 0 N–H and O–H groups in total. The fourth-order valence-corrected chi connectivity index (χ4v) is 3.68. The Morgan fingerprint density at radius 3 is 2.26 bits per heavy atom. The van der Waals surface area contributed by atoms with Gasteiger partial charge in [0.15, 0.2) is 0 Å². The van der Waals surface area contributed by atoms with E-state index in [1.807, 2.05) is 18.2 Å². The van der Waals surface area contributed by atoms with Crippen LogP contribution in [0.5, 0.6) is 0 Å². The first-order valence-electron chi connectivity index (χ1n) is 9.64. The number of carbonyl (C=O) groups excluding carboxylic acids is 1. The second-order valence-electron chi connectivity index (χ2n) is 7.13. The number of ether oxygens (including phenoxy) is 1. The third-order valence-corrected chi connectivity index (χ3v) is 5.37. The van der Waals surface area contributed by atoms with E-state index in [0.29, 0.717) is 6.42 Å². The highest BCUT2D eigenvalue weighted by Crippen LogP contribution is 2.24. The smallest absolute Gasteiger partial charge is 0.310 e. The largest absolute Gasteiger partial charge is 0.469 e. The normalized spacial score (nSPS) is 12.0. The molecule has 1 rings (SSSR count). The Kier molecular flexibility index (Phi) is 11.6. The number of rotatable bonds is 11. The summed E-state index contributed by atoms with van der Waals surface area (Å²) in [6.07, 6.45) is 11.8. The number of thioether (sulfide) groups is 1. The van der Waals surface area contributed by atoms with Crippen LogP contribution in [0.1, 0.15) is 58.9 Å². The fraction of sp³-hybridized carbons (Fsp3) is 0.458. The zero-order valence-electron chi connectivity index (χ0n) is 17.5. The van der Waals surface area contributed by atoms with Crippen molar-refractivity contribution in [3.05, 3.63) is 64.8 Å². The summed E-state index contributed by atoms with van der Waals surface area (Å²) in [5, 5.41) is 0. The van der Waals surface area contributed by atoms with E-state index in [0.717, 1.165) is 41.9 Å². The Morgan fingerprint density at radius 1 is 0.963 bits per heavy atom. The first kappa shape index (κ1) is 23.3. The third-order valence-electron chi connectivity index (χ3n) is 4.33. The van der Waals surface area contributed by atoms with Crippen molar-refractivity contribution in [3.8, 4) is 0 Å². The van der Waals surface area contributed by atoms with Gasteiger partial charge in [0.1, 0.15) is 0 Å². The summed E-state index contributed by atoms with van der Waals surface area (Å²) < 4.78 is 4.78. The maximum absolute atomic E-state index is 11.5. The molecule has 0 saturated heterocycles. The molecule has 0 spiro atoms. The van der Waals surface area contributed by atoms with E-state index in [4.69, 9.17) is 4.74 Å². The van der Waals surface area contributed by atoms with Gasteiger partial charge in [-0.1, -0.05) is 53.1 Å². The second-order valence-corrected chi connectivity index (χ2v) is 8.19. The molecule has 0 unspecified atom stereocenters. The lowest BCUT2D eigenvalue weighted by molar-refractivity contribution is -0.139. The van der Waals surface area contributed by atoms with Crippen LogP contribution in [0.3, 0.4) is 0 Å². The van der Waals surface area contributed by atoms with Crippen LogP contribution in [0.4, 0.5) is 0 Å². The van der Waals surface area contributed by atoms with Crippen molar-refractivity contribution in [2.45, 2.75) is 64.7 Å². The topological polar surface area (TPSA) is 26.3 Å². The van der Waals surface area contributed by atoms with E-state index in [1.165, 1.54) is 23.8 Å². The minimum absolute atomic E-state index is 0.193. The summed E-state index contributed by atoms with van der Waals surface area (Å²) in [7, 11) is 1.43. The average Bonchev–Trinajstić information content (AvgIpc) is 2.62. The lowest BCUT2D eigenvalue weighted by atomic mass is 10.1. The van der Waals surface area contributed by atoms with Crippen molar-refractivity contribution in [1.29, 1.82) is 0 Å². The predicted octanol–water partition coefficient (Wildman–Crippen LogP) is 6.91. The van der Waals surface area contributed by atoms with Gasteiger partial charge in [0.2, 0.25) is 0 Å². The highest BCUT2D eigenvalue weighted by molar-refractivity contribution is 7.99. The Labute approximate surface area is 169 Å². The van der Waals surface area contributed by atoms with Crippen LogP contribution in [0, 0.1) is 0 Å². The number of hydrogen-bond acceptors (Lipinski definition) is 3. The van der Waals surface area contributed by atoms with Gasteiger partial charge in [-0.15, -0.1) is 11.8 Å². The molecule has 0 amide bonds. The van der Waals surface area contributed by atoms with Crippen LogP contribution in [-0.4, -0.2) is 18.8 Å². The van der Waals surface area contributed by atoms with E-state index < -0.39 is 0 Å². The highest BCUT2D eigenvalue weighted by atomic mass is 32.2. The second kappa shape index (κ2) is 13.4. The highest BCUT2D eigenvalue weighted by Gasteiger charge is 2.07. The summed E-state index contributed by atoms with van der Waals surface area (Å²) in [4.78, 5) is 12.7. The zero-order chi connectivity index (χ0) is 20.1. The van der Waals surface area contributed by atoms with Gasteiger partial charge in [-0.05, 0) is 65.0 Å². The number of allylic oxidation sites excluding steroid dienone is 5. The quantitative estimate of drug-likeness (QED) is 0.235. The molecule has 3 heteroatoms.